The van der Waals surface area contributed by atoms with Gasteiger partial charge < -0.3 is 0 Å². The molecule has 0 heterocycles. The van der Waals surface area contributed by atoms with Crippen molar-refractivity contribution in [2.75, 3.05) is 0 Å². The molecule has 0 aromatic rings. The van der Waals surface area contributed by atoms with Gasteiger partial charge in [0.25, 0.3) is 0 Å². The van der Waals surface area contributed by atoms with Crippen LogP contribution < -0.4 is 0 Å². The molecule has 0 amide bonds. The number of hydrogen-bond donors (Lipinski definition) is 0. The van der Waals surface area contributed by atoms with Gasteiger partial charge in [0.1, 0.15) is 5.78 Å². The minimum Gasteiger partial charge on any atom is -0.299 e. The third-order valence-corrected chi connectivity index (χ3v) is 3.92. The van der Waals surface area contributed by atoms with Crippen LogP contribution in [0.2, 0.25) is 0 Å². The molecule has 0 bridgehead atoms. The van der Waals surface area contributed by atoms with Gasteiger partial charge in [0.15, 0.2) is 0 Å². The molecule has 16 heavy (non-hydrogen) atoms. The summed E-state index contributed by atoms with van der Waals surface area (Å²) in [5, 5.41) is 0. The molecule has 0 saturated heterocycles. The molecule has 0 radical (unpaired) electrons. The fourth-order valence-electron chi connectivity index (χ4n) is 2.42. The molecular weight excluding hydrogens is 196 g/mol. The minimum atomic E-state index is 0.295. The molecule has 0 spiro atoms. The van der Waals surface area contributed by atoms with Crippen LogP contribution in [0.5, 0.6) is 0 Å². The lowest BCUT2D eigenvalue weighted by Crippen LogP contribution is -2.26. The molecule has 0 aliphatic heterocycles. The van der Waals surface area contributed by atoms with Gasteiger partial charge in [0, 0.05) is 12.3 Å². The summed E-state index contributed by atoms with van der Waals surface area (Å²) >= 11 is 0. The summed E-state index contributed by atoms with van der Waals surface area (Å²) < 4.78 is 0. The topological polar surface area (TPSA) is 17.1 Å². The highest BCUT2D eigenvalue weighted by molar-refractivity contribution is 5.81. The van der Waals surface area contributed by atoms with Gasteiger partial charge in [-0.2, -0.15) is 0 Å². The predicted molar refractivity (Wildman–Crippen MR) is 69.4 cm³/mol. The van der Waals surface area contributed by atoms with Crippen LogP contribution in [0.1, 0.15) is 73.1 Å². The summed E-state index contributed by atoms with van der Waals surface area (Å²) in [6, 6.07) is 0. The van der Waals surface area contributed by atoms with Gasteiger partial charge in [-0.15, -0.1) is 0 Å². The van der Waals surface area contributed by atoms with Crippen molar-refractivity contribution in [3.63, 3.8) is 0 Å². The average molecular weight is 224 g/mol. The molecule has 0 aromatic heterocycles. The number of rotatable bonds is 3. The highest BCUT2D eigenvalue weighted by Crippen LogP contribution is 2.39. The Morgan fingerprint density at radius 3 is 2.12 bits per heavy atom. The van der Waals surface area contributed by atoms with Crippen LogP contribution in [0.4, 0.5) is 0 Å². The fraction of sp³-hybridized carbons (Fsp3) is 0.933. The van der Waals surface area contributed by atoms with Gasteiger partial charge in [-0.25, -0.2) is 0 Å². The maximum absolute atomic E-state index is 12.1. The molecule has 1 saturated carbocycles. The number of ketones is 1. The molecule has 1 nitrogen and oxygen atoms in total. The molecule has 0 atom stereocenters. The largest absolute Gasteiger partial charge is 0.299 e. The van der Waals surface area contributed by atoms with Gasteiger partial charge in [0.2, 0.25) is 0 Å². The van der Waals surface area contributed by atoms with E-state index in [1.54, 1.807) is 0 Å². The van der Waals surface area contributed by atoms with Gasteiger partial charge >= 0.3 is 0 Å². The van der Waals surface area contributed by atoms with Crippen LogP contribution >= 0.6 is 0 Å². The summed E-state index contributed by atoms with van der Waals surface area (Å²) in [5.41, 5.74) is 0.768. The van der Waals surface area contributed by atoms with Crippen molar-refractivity contribution in [1.29, 1.82) is 0 Å². The maximum Gasteiger partial charge on any atom is 0.135 e. The molecule has 0 N–H and O–H groups in total. The van der Waals surface area contributed by atoms with Crippen LogP contribution in [0.25, 0.3) is 0 Å². The highest BCUT2D eigenvalue weighted by Gasteiger charge is 2.30. The van der Waals surface area contributed by atoms with Crippen molar-refractivity contribution >= 4 is 5.78 Å². The average Bonchev–Trinajstić information content (AvgIpc) is 2.13. The Balaban J connectivity index is 2.34. The van der Waals surface area contributed by atoms with Crippen molar-refractivity contribution in [2.24, 2.45) is 16.7 Å². The van der Waals surface area contributed by atoms with Crippen LogP contribution in [0.3, 0.4) is 0 Å². The SMILES string of the molecule is CC(C)(C)CCC(=O)C1CCC(C)(C)CC1. The number of Topliss-reactive ketones (excluding diaryl/α,β-unsaturated/α-hetero) is 1. The van der Waals surface area contributed by atoms with E-state index < -0.39 is 0 Å². The number of carbonyl (C=O) groups excluding carboxylic acids is 1. The van der Waals surface area contributed by atoms with E-state index in [9.17, 15) is 4.79 Å². The second kappa shape index (κ2) is 4.89. The Bertz CT molecular complexity index is 235. The van der Waals surface area contributed by atoms with Crippen LogP contribution in [0.15, 0.2) is 0 Å². The lowest BCUT2D eigenvalue weighted by atomic mass is 9.71. The van der Waals surface area contributed by atoms with Crippen LogP contribution in [-0.4, -0.2) is 5.78 Å². The van der Waals surface area contributed by atoms with E-state index in [0.717, 1.165) is 25.7 Å². The van der Waals surface area contributed by atoms with Gasteiger partial charge in [-0.3, -0.25) is 4.79 Å². The Kier molecular flexibility index (Phi) is 4.20. The molecule has 1 aliphatic rings. The molecule has 1 rings (SSSR count). The van der Waals surface area contributed by atoms with Crippen molar-refractivity contribution in [3.05, 3.63) is 0 Å². The standard InChI is InChI=1S/C15H28O/c1-14(2,3)9-8-13(16)12-6-10-15(4,5)11-7-12/h12H,6-11H2,1-5H3. The number of hydrogen-bond acceptors (Lipinski definition) is 1. The van der Waals surface area contributed by atoms with Gasteiger partial charge in [0.05, 0.1) is 0 Å². The zero-order valence-electron chi connectivity index (χ0n) is 11.7. The van der Waals surface area contributed by atoms with E-state index in [-0.39, 0.29) is 0 Å². The molecule has 1 aliphatic carbocycles. The van der Waals surface area contributed by atoms with Gasteiger partial charge in [-0.05, 0) is 42.9 Å². The Hall–Kier alpha value is -0.330. The second-order valence-electron chi connectivity index (χ2n) is 7.47. The van der Waals surface area contributed by atoms with E-state index >= 15 is 0 Å². The Morgan fingerprint density at radius 1 is 1.19 bits per heavy atom. The van der Waals surface area contributed by atoms with E-state index in [4.69, 9.17) is 0 Å². The summed E-state index contributed by atoms with van der Waals surface area (Å²) in [4.78, 5) is 12.1. The summed E-state index contributed by atoms with van der Waals surface area (Å²) in [6.45, 7) is 11.3. The molecule has 0 unspecified atom stereocenters. The third kappa shape index (κ3) is 4.67. The van der Waals surface area contributed by atoms with Crippen molar-refractivity contribution in [2.45, 2.75) is 73.1 Å². The first-order valence-electron chi connectivity index (χ1n) is 6.72. The summed E-state index contributed by atoms with van der Waals surface area (Å²) in [7, 11) is 0. The summed E-state index contributed by atoms with van der Waals surface area (Å²) in [6.07, 6.45) is 6.50. The first-order chi connectivity index (χ1) is 7.20. The Morgan fingerprint density at radius 2 is 1.69 bits per heavy atom. The van der Waals surface area contributed by atoms with E-state index in [2.05, 4.69) is 34.6 Å². The predicted octanol–water partition coefficient (Wildman–Crippen LogP) is 4.60. The quantitative estimate of drug-likeness (QED) is 0.685. The first kappa shape index (κ1) is 13.7. The zero-order chi connectivity index (χ0) is 12.4. The smallest absolute Gasteiger partial charge is 0.135 e. The van der Waals surface area contributed by atoms with E-state index in [0.29, 0.717) is 22.5 Å². The molecule has 94 valence electrons. The lowest BCUT2D eigenvalue weighted by Gasteiger charge is -2.33. The molecule has 1 fully saturated rings. The monoisotopic (exact) mass is 224 g/mol. The fourth-order valence-corrected chi connectivity index (χ4v) is 2.42. The van der Waals surface area contributed by atoms with Crippen molar-refractivity contribution in [1.82, 2.24) is 0 Å². The third-order valence-electron chi connectivity index (χ3n) is 3.92. The minimum absolute atomic E-state index is 0.295. The number of carbonyl (C=O) groups is 1. The Labute approximate surface area is 101 Å². The lowest BCUT2D eigenvalue weighted by molar-refractivity contribution is -0.124. The van der Waals surface area contributed by atoms with Gasteiger partial charge in [-0.1, -0.05) is 34.6 Å². The van der Waals surface area contributed by atoms with Crippen LogP contribution in [0, 0.1) is 16.7 Å². The second-order valence-corrected chi connectivity index (χ2v) is 7.47. The highest BCUT2D eigenvalue weighted by atomic mass is 16.1. The van der Waals surface area contributed by atoms with Crippen LogP contribution in [-0.2, 0) is 4.79 Å². The zero-order valence-corrected chi connectivity index (χ0v) is 11.7. The maximum atomic E-state index is 12.1. The van der Waals surface area contributed by atoms with E-state index in [1.807, 2.05) is 0 Å². The molecule has 1 heteroatoms. The molecule has 0 aromatic carbocycles. The van der Waals surface area contributed by atoms with E-state index in [1.165, 1.54) is 12.8 Å². The van der Waals surface area contributed by atoms with Crippen molar-refractivity contribution in [3.8, 4) is 0 Å². The summed E-state index contributed by atoms with van der Waals surface area (Å²) in [5.74, 6) is 0.890. The first-order valence-corrected chi connectivity index (χ1v) is 6.72. The molecular formula is C15H28O. The normalized spacial score (nSPS) is 22.1. The van der Waals surface area contributed by atoms with Crippen molar-refractivity contribution < 1.29 is 4.79 Å².